The fourth-order valence-corrected chi connectivity index (χ4v) is 6.63. The predicted molar refractivity (Wildman–Crippen MR) is 170 cm³/mol. The number of hydrogen-bond acceptors (Lipinski definition) is 12. The predicted octanol–water partition coefficient (Wildman–Crippen LogP) is -2.29. The first-order valence-electron chi connectivity index (χ1n) is 13.7. The summed E-state index contributed by atoms with van der Waals surface area (Å²) in [4.78, 5) is 57.6. The van der Waals surface area contributed by atoms with Crippen LogP contribution in [0.3, 0.4) is 0 Å². The monoisotopic (exact) mass is 794 g/mol. The molecule has 4 rings (SSSR count). The number of aromatic nitrogens is 4. The Balaban J connectivity index is 0.000000441. The van der Waals surface area contributed by atoms with Crippen LogP contribution in [0.25, 0.3) is 0 Å². The van der Waals surface area contributed by atoms with Crippen molar-refractivity contribution in [1.29, 1.82) is 0 Å². The summed E-state index contributed by atoms with van der Waals surface area (Å²) in [5.74, 6) is -0.901. The quantitative estimate of drug-likeness (QED) is 0.121. The summed E-state index contributed by atoms with van der Waals surface area (Å²) in [6.45, 7) is 12.7. The number of rotatable bonds is 12. The molecule has 0 aliphatic carbocycles. The molecular formula is C28H36BrClN6O6S4. The Bertz CT molecular complexity index is 1490. The van der Waals surface area contributed by atoms with Crippen LogP contribution in [-0.2, 0) is 54.6 Å². The van der Waals surface area contributed by atoms with Gasteiger partial charge in [-0.1, -0.05) is 22.7 Å². The van der Waals surface area contributed by atoms with Crippen LogP contribution in [0.1, 0.15) is 46.4 Å². The highest BCUT2D eigenvalue weighted by Crippen LogP contribution is 2.17. The molecule has 0 radical (unpaired) electrons. The number of nitrogens with zero attached hydrogens (tertiary/aromatic N) is 4. The topological polar surface area (TPSA) is 144 Å². The fraction of sp³-hybridized carbons (Fsp3) is 0.429. The van der Waals surface area contributed by atoms with Crippen LogP contribution < -0.4 is 49.2 Å². The first-order chi connectivity index (χ1) is 21.0. The van der Waals surface area contributed by atoms with Gasteiger partial charge >= 0.3 is 11.9 Å². The van der Waals surface area contributed by atoms with E-state index in [4.69, 9.17) is 9.47 Å². The molecule has 0 unspecified atom stereocenters. The van der Waals surface area contributed by atoms with Crippen molar-refractivity contribution in [3.8, 4) is 0 Å². The smallest absolute Gasteiger partial charge is 0.311 e. The van der Waals surface area contributed by atoms with E-state index in [1.807, 2.05) is 47.9 Å². The third-order valence-corrected chi connectivity index (χ3v) is 9.71. The van der Waals surface area contributed by atoms with Crippen molar-refractivity contribution in [2.45, 2.75) is 67.5 Å². The molecule has 4 aromatic heterocycles. The van der Waals surface area contributed by atoms with Gasteiger partial charge in [-0.2, -0.15) is 9.13 Å². The normalized spacial score (nSPS) is 10.0. The van der Waals surface area contributed by atoms with Crippen molar-refractivity contribution in [1.82, 2.24) is 9.97 Å². The maximum atomic E-state index is 12.0. The van der Waals surface area contributed by atoms with Gasteiger partial charge in [-0.25, -0.2) is 9.97 Å². The number of carbonyl (C=O) groups is 4. The van der Waals surface area contributed by atoms with Crippen molar-refractivity contribution >= 4 is 79.4 Å². The molecule has 0 saturated carbocycles. The lowest BCUT2D eigenvalue weighted by molar-refractivity contribution is -0.685. The Morgan fingerprint density at radius 1 is 0.696 bits per heavy atom. The second-order valence-electron chi connectivity index (χ2n) is 9.33. The summed E-state index contributed by atoms with van der Waals surface area (Å²) in [6.07, 6.45) is 0.246. The van der Waals surface area contributed by atoms with Crippen LogP contribution in [0.15, 0.2) is 21.8 Å². The molecule has 18 heteroatoms. The Morgan fingerprint density at radius 2 is 1.07 bits per heavy atom. The second kappa shape index (κ2) is 20.4. The summed E-state index contributed by atoms with van der Waals surface area (Å²) >= 11 is 5.83. The Hall–Kier alpha value is -2.83. The van der Waals surface area contributed by atoms with Gasteiger partial charge in [-0.05, 0) is 27.7 Å². The molecule has 2 N–H and O–H groups in total. The van der Waals surface area contributed by atoms with E-state index in [0.29, 0.717) is 34.9 Å². The summed E-state index contributed by atoms with van der Waals surface area (Å²) in [5, 5.41) is 9.99. The summed E-state index contributed by atoms with van der Waals surface area (Å²) in [5.41, 5.74) is 7.24. The number of aryl methyl sites for hydroxylation is 2. The van der Waals surface area contributed by atoms with Crippen LogP contribution >= 0.6 is 45.3 Å². The molecule has 4 heterocycles. The first-order valence-corrected chi connectivity index (χ1v) is 17.2. The van der Waals surface area contributed by atoms with Crippen molar-refractivity contribution in [2.24, 2.45) is 0 Å². The van der Waals surface area contributed by atoms with Crippen molar-refractivity contribution in [3.05, 3.63) is 54.3 Å². The van der Waals surface area contributed by atoms with E-state index in [-0.39, 0.29) is 79.1 Å². The molecule has 0 aliphatic heterocycles. The van der Waals surface area contributed by atoms with E-state index in [0.717, 1.165) is 11.4 Å². The summed E-state index contributed by atoms with van der Waals surface area (Å²) < 4.78 is 13.5. The zero-order chi connectivity index (χ0) is 32.2. The van der Waals surface area contributed by atoms with E-state index in [1.54, 1.807) is 47.3 Å². The van der Waals surface area contributed by atoms with Gasteiger partial charge < -0.3 is 38.9 Å². The number of halogens is 2. The van der Waals surface area contributed by atoms with Gasteiger partial charge in [0.2, 0.25) is 24.1 Å². The lowest BCUT2D eigenvalue weighted by Crippen LogP contribution is -3.00. The van der Waals surface area contributed by atoms with E-state index >= 15 is 0 Å². The molecule has 0 spiro atoms. The molecule has 252 valence electrons. The van der Waals surface area contributed by atoms with Crippen molar-refractivity contribution in [3.63, 3.8) is 0 Å². The Kier molecular flexibility index (Phi) is 18.3. The minimum Gasteiger partial charge on any atom is -1.00 e. The standard InChI is InChI=1S/2C14H17N3O3S2.BrH.ClH/c2*1-4-20-13(19)5-11-7-21-14(15-11)16-12(18)6-17-8-22-10(3)9(17)2;;/h2*7-8H,4-6H2,1-3H3;2*1H. The van der Waals surface area contributed by atoms with Gasteiger partial charge in [0, 0.05) is 24.6 Å². The number of carbonyl (C=O) groups excluding carboxylic acids is 4. The van der Waals surface area contributed by atoms with Crippen LogP contribution in [0.2, 0.25) is 0 Å². The van der Waals surface area contributed by atoms with Crippen molar-refractivity contribution < 1.29 is 67.2 Å². The van der Waals surface area contributed by atoms with Gasteiger partial charge in [-0.3, -0.25) is 29.8 Å². The molecule has 0 fully saturated rings. The van der Waals surface area contributed by atoms with E-state index < -0.39 is 0 Å². The largest absolute Gasteiger partial charge is 1.00 e. The van der Waals surface area contributed by atoms with Gasteiger partial charge in [-0.15, -0.1) is 22.7 Å². The molecule has 0 bridgehead atoms. The summed E-state index contributed by atoms with van der Waals surface area (Å²) in [7, 11) is 0. The number of esters is 2. The lowest BCUT2D eigenvalue weighted by Gasteiger charge is -1.99. The molecule has 0 aromatic carbocycles. The van der Waals surface area contributed by atoms with E-state index in [1.165, 1.54) is 32.4 Å². The van der Waals surface area contributed by atoms with Crippen LogP contribution in [0, 0.1) is 27.7 Å². The van der Waals surface area contributed by atoms with Crippen LogP contribution in [0.5, 0.6) is 0 Å². The first kappa shape index (κ1) is 41.2. The van der Waals surface area contributed by atoms with Gasteiger partial charge in [0.15, 0.2) is 21.7 Å². The minimum absolute atomic E-state index is 0. The van der Waals surface area contributed by atoms with Crippen LogP contribution in [-0.4, -0.2) is 46.9 Å². The molecule has 2 amide bonds. The van der Waals surface area contributed by atoms with Gasteiger partial charge in [0.25, 0.3) is 11.8 Å². The van der Waals surface area contributed by atoms with Crippen molar-refractivity contribution in [2.75, 3.05) is 23.8 Å². The van der Waals surface area contributed by atoms with E-state index in [9.17, 15) is 19.2 Å². The van der Waals surface area contributed by atoms with Gasteiger partial charge in [0.05, 0.1) is 47.2 Å². The number of amides is 2. The highest BCUT2D eigenvalue weighted by atomic mass is 79.9. The van der Waals surface area contributed by atoms with E-state index in [2.05, 4.69) is 20.6 Å². The molecule has 0 saturated heterocycles. The molecule has 0 aliphatic rings. The highest BCUT2D eigenvalue weighted by molar-refractivity contribution is 7.14. The molecule has 46 heavy (non-hydrogen) atoms. The number of ether oxygens (including phenoxy) is 2. The molecular weight excluding hydrogens is 760 g/mol. The number of anilines is 2. The van der Waals surface area contributed by atoms with Crippen LogP contribution in [0.4, 0.5) is 10.3 Å². The molecule has 4 aromatic rings. The Morgan fingerprint density at radius 3 is 1.37 bits per heavy atom. The summed E-state index contributed by atoms with van der Waals surface area (Å²) in [6, 6.07) is 0. The number of thiazole rings is 4. The number of nitrogens with one attached hydrogen (secondary N) is 2. The van der Waals surface area contributed by atoms with Gasteiger partial charge in [0.1, 0.15) is 0 Å². The SMILES string of the molecule is CCOC(=O)Cc1csc(NC(=O)C[n+]2csc(C)c2C)n1.CCOC(=O)Cc1csc(NC(=O)C[n+]2csc(C)c2C)n1.[Br-].[Cl-]. The maximum absolute atomic E-state index is 12.0. The zero-order valence-corrected chi connectivity index (χ0v) is 31.8. The zero-order valence-electron chi connectivity index (χ0n) is 26.2. The Labute approximate surface area is 300 Å². The average molecular weight is 796 g/mol. The minimum atomic E-state index is -0.314. The average Bonchev–Trinajstić information content (AvgIpc) is 3.74. The lowest BCUT2D eigenvalue weighted by atomic mass is 10.3. The second-order valence-corrected chi connectivity index (χ2v) is 13.2. The fourth-order valence-electron chi connectivity index (χ4n) is 3.57. The highest BCUT2D eigenvalue weighted by Gasteiger charge is 2.19. The molecule has 12 nitrogen and oxygen atoms in total. The third kappa shape index (κ3) is 13.1. The number of hydrogen-bond donors (Lipinski definition) is 2. The third-order valence-electron chi connectivity index (χ3n) is 6.08. The molecule has 0 atom stereocenters. The maximum Gasteiger partial charge on any atom is 0.311 e.